The van der Waals surface area contributed by atoms with E-state index in [1.807, 2.05) is 0 Å². The van der Waals surface area contributed by atoms with Gasteiger partial charge in [-0.05, 0) is 36.4 Å². The molecule has 0 aliphatic carbocycles. The molecule has 0 heterocycles. The van der Waals surface area contributed by atoms with Crippen molar-refractivity contribution < 1.29 is 9.18 Å². The van der Waals surface area contributed by atoms with Crippen LogP contribution in [0, 0.1) is 5.82 Å². The van der Waals surface area contributed by atoms with Crippen LogP contribution in [0.2, 0.25) is 10.0 Å². The van der Waals surface area contributed by atoms with Gasteiger partial charge >= 0.3 is 0 Å². The van der Waals surface area contributed by atoms with Crippen LogP contribution in [0.3, 0.4) is 0 Å². The molecule has 0 bridgehead atoms. The van der Waals surface area contributed by atoms with Crippen LogP contribution >= 0.6 is 39.1 Å². The lowest BCUT2D eigenvalue weighted by Gasteiger charge is -2.03. The lowest BCUT2D eigenvalue weighted by atomic mass is 10.1. The van der Waals surface area contributed by atoms with Crippen molar-refractivity contribution in [2.75, 3.05) is 5.32 Å². The molecule has 0 fully saturated rings. The van der Waals surface area contributed by atoms with Gasteiger partial charge in [-0.1, -0.05) is 39.1 Å². The molecule has 108 valence electrons. The average molecular weight is 389 g/mol. The van der Waals surface area contributed by atoms with E-state index in [9.17, 15) is 9.18 Å². The summed E-state index contributed by atoms with van der Waals surface area (Å²) in [5, 5.41) is 3.43. The third kappa shape index (κ3) is 4.30. The Hall–Kier alpha value is -1.36. The van der Waals surface area contributed by atoms with Crippen LogP contribution in [-0.2, 0) is 0 Å². The molecule has 1 N–H and O–H groups in total. The van der Waals surface area contributed by atoms with Crippen molar-refractivity contribution in [1.29, 1.82) is 0 Å². The highest BCUT2D eigenvalue weighted by Crippen LogP contribution is 2.22. The van der Waals surface area contributed by atoms with E-state index in [0.29, 0.717) is 15.1 Å². The standard InChI is InChI=1S/C15H9BrCl2FNO/c16-9-1-4-14(13(19)7-9)20-6-5-15(21)11-3-2-10(17)8-12(11)18/h1-8,20H. The second kappa shape index (κ2) is 7.07. The van der Waals surface area contributed by atoms with Crippen molar-refractivity contribution >= 4 is 50.6 Å². The predicted molar refractivity (Wildman–Crippen MR) is 87.7 cm³/mol. The number of rotatable bonds is 4. The molecule has 0 aliphatic rings. The summed E-state index contributed by atoms with van der Waals surface area (Å²) >= 11 is 14.9. The van der Waals surface area contributed by atoms with Gasteiger partial charge in [-0.15, -0.1) is 0 Å². The number of carbonyl (C=O) groups is 1. The van der Waals surface area contributed by atoms with Crippen LogP contribution in [0.5, 0.6) is 0 Å². The highest BCUT2D eigenvalue weighted by Gasteiger charge is 2.07. The molecule has 2 aromatic carbocycles. The summed E-state index contributed by atoms with van der Waals surface area (Å²) in [6.45, 7) is 0. The van der Waals surface area contributed by atoms with Crippen molar-refractivity contribution in [2.45, 2.75) is 0 Å². The van der Waals surface area contributed by atoms with Crippen molar-refractivity contribution in [3.63, 3.8) is 0 Å². The Morgan fingerprint density at radius 1 is 1.19 bits per heavy atom. The fourth-order valence-electron chi connectivity index (χ4n) is 1.59. The molecule has 21 heavy (non-hydrogen) atoms. The molecule has 0 amide bonds. The fourth-order valence-corrected chi connectivity index (χ4v) is 2.43. The van der Waals surface area contributed by atoms with E-state index in [4.69, 9.17) is 23.2 Å². The van der Waals surface area contributed by atoms with Crippen LogP contribution in [0.1, 0.15) is 10.4 Å². The summed E-state index contributed by atoms with van der Waals surface area (Å²) in [5.74, 6) is -0.729. The van der Waals surface area contributed by atoms with Gasteiger partial charge in [-0.25, -0.2) is 4.39 Å². The molecule has 0 atom stereocenters. The highest BCUT2D eigenvalue weighted by atomic mass is 79.9. The Bertz CT molecular complexity index is 719. The van der Waals surface area contributed by atoms with Crippen LogP contribution < -0.4 is 5.32 Å². The SMILES string of the molecule is O=C(C=CNc1ccc(Br)cc1F)c1ccc(Cl)cc1Cl. The Morgan fingerprint density at radius 2 is 1.95 bits per heavy atom. The van der Waals surface area contributed by atoms with E-state index in [0.717, 1.165) is 0 Å². The van der Waals surface area contributed by atoms with Crippen molar-refractivity contribution in [1.82, 2.24) is 0 Å². The zero-order valence-electron chi connectivity index (χ0n) is 10.5. The number of nitrogens with one attached hydrogen (secondary N) is 1. The number of ketones is 1. The zero-order chi connectivity index (χ0) is 15.4. The fraction of sp³-hybridized carbons (Fsp3) is 0. The smallest absolute Gasteiger partial charge is 0.188 e. The highest BCUT2D eigenvalue weighted by molar-refractivity contribution is 9.10. The summed E-state index contributed by atoms with van der Waals surface area (Å²) in [6, 6.07) is 9.19. The first-order chi connectivity index (χ1) is 9.97. The van der Waals surface area contributed by atoms with Gasteiger partial charge in [0, 0.05) is 27.3 Å². The van der Waals surface area contributed by atoms with E-state index >= 15 is 0 Å². The number of carbonyl (C=O) groups excluding carboxylic acids is 1. The Morgan fingerprint density at radius 3 is 2.62 bits per heavy atom. The molecule has 0 spiro atoms. The van der Waals surface area contributed by atoms with Crippen LogP contribution in [0.4, 0.5) is 10.1 Å². The molecule has 0 unspecified atom stereocenters. The van der Waals surface area contributed by atoms with E-state index in [1.54, 1.807) is 18.2 Å². The Kier molecular flexibility index (Phi) is 5.39. The molecular weight excluding hydrogens is 380 g/mol. The molecule has 0 radical (unpaired) electrons. The Labute approximate surface area is 139 Å². The van der Waals surface area contributed by atoms with Crippen LogP contribution in [-0.4, -0.2) is 5.78 Å². The maximum absolute atomic E-state index is 13.6. The minimum absolute atomic E-state index is 0.268. The van der Waals surface area contributed by atoms with Gasteiger partial charge in [0.25, 0.3) is 0 Å². The molecule has 0 aliphatic heterocycles. The van der Waals surface area contributed by atoms with E-state index in [2.05, 4.69) is 21.2 Å². The van der Waals surface area contributed by atoms with E-state index in [1.165, 1.54) is 30.5 Å². The topological polar surface area (TPSA) is 29.1 Å². The number of hydrogen-bond acceptors (Lipinski definition) is 2. The molecule has 6 heteroatoms. The second-order valence-corrected chi connectivity index (χ2v) is 5.85. The minimum atomic E-state index is -0.425. The maximum atomic E-state index is 13.6. The van der Waals surface area contributed by atoms with Gasteiger partial charge in [-0.3, -0.25) is 4.79 Å². The van der Waals surface area contributed by atoms with E-state index < -0.39 is 5.82 Å². The first-order valence-electron chi connectivity index (χ1n) is 5.85. The van der Waals surface area contributed by atoms with Crippen LogP contribution in [0.25, 0.3) is 0 Å². The summed E-state index contributed by atoms with van der Waals surface area (Å²) in [7, 11) is 0. The molecule has 2 nitrogen and oxygen atoms in total. The summed E-state index contributed by atoms with van der Waals surface area (Å²) in [6.07, 6.45) is 2.64. The minimum Gasteiger partial charge on any atom is -0.359 e. The number of anilines is 1. The summed E-state index contributed by atoms with van der Waals surface area (Å²) in [4.78, 5) is 12.0. The zero-order valence-corrected chi connectivity index (χ0v) is 13.6. The predicted octanol–water partition coefficient (Wildman–Crippen LogP) is 5.70. The third-order valence-corrected chi connectivity index (χ3v) is 3.64. The molecule has 2 rings (SSSR count). The normalized spacial score (nSPS) is 10.9. The largest absolute Gasteiger partial charge is 0.359 e. The maximum Gasteiger partial charge on any atom is 0.188 e. The first kappa shape index (κ1) is 16.0. The lowest BCUT2D eigenvalue weighted by Crippen LogP contribution is -1.98. The van der Waals surface area contributed by atoms with Crippen molar-refractivity contribution in [3.8, 4) is 0 Å². The Balaban J connectivity index is 2.08. The van der Waals surface area contributed by atoms with E-state index in [-0.39, 0.29) is 16.5 Å². The number of benzene rings is 2. The van der Waals surface area contributed by atoms with Gasteiger partial charge in [0.05, 0.1) is 10.7 Å². The monoisotopic (exact) mass is 387 g/mol. The first-order valence-corrected chi connectivity index (χ1v) is 7.40. The molecule has 2 aromatic rings. The average Bonchev–Trinajstić information content (AvgIpc) is 2.41. The molecule has 0 saturated carbocycles. The van der Waals surface area contributed by atoms with Gasteiger partial charge in [-0.2, -0.15) is 0 Å². The number of allylic oxidation sites excluding steroid dienone is 1. The van der Waals surface area contributed by atoms with Crippen LogP contribution in [0.15, 0.2) is 53.1 Å². The molecule has 0 saturated heterocycles. The third-order valence-electron chi connectivity index (χ3n) is 2.60. The van der Waals surface area contributed by atoms with Gasteiger partial charge < -0.3 is 5.32 Å². The lowest BCUT2D eigenvalue weighted by molar-refractivity contribution is 0.104. The van der Waals surface area contributed by atoms with Gasteiger partial charge in [0.2, 0.25) is 0 Å². The summed E-state index contributed by atoms with van der Waals surface area (Å²) in [5.41, 5.74) is 0.597. The van der Waals surface area contributed by atoms with Gasteiger partial charge in [0.15, 0.2) is 5.78 Å². The number of halogens is 4. The summed E-state index contributed by atoms with van der Waals surface area (Å²) < 4.78 is 14.2. The molecular formula is C15H9BrCl2FNO. The van der Waals surface area contributed by atoms with Crippen molar-refractivity contribution in [3.05, 3.63) is 74.6 Å². The van der Waals surface area contributed by atoms with Crippen molar-refractivity contribution in [2.24, 2.45) is 0 Å². The quantitative estimate of drug-likeness (QED) is 0.537. The van der Waals surface area contributed by atoms with Gasteiger partial charge in [0.1, 0.15) is 5.82 Å². The second-order valence-electron chi connectivity index (χ2n) is 4.09. The number of hydrogen-bond donors (Lipinski definition) is 1. The molecule has 0 aromatic heterocycles.